The smallest absolute Gasteiger partial charge is 0.269 e. The fourth-order valence-corrected chi connectivity index (χ4v) is 5.36. The molecular formula is C28H34N8O3. The first-order valence-electron chi connectivity index (χ1n) is 13.4. The third-order valence-corrected chi connectivity index (χ3v) is 7.06. The van der Waals surface area contributed by atoms with Gasteiger partial charge in [0, 0.05) is 67.6 Å². The minimum Gasteiger partial charge on any atom is -0.488 e. The fraction of sp³-hybridized carbons (Fsp3) is 0.429. The van der Waals surface area contributed by atoms with Crippen molar-refractivity contribution >= 4 is 23.1 Å². The Balaban J connectivity index is 1.23. The minimum atomic E-state index is -0.167. The number of fused-ring (bicyclic) bond motifs is 3. The largest absolute Gasteiger partial charge is 0.488 e. The lowest BCUT2D eigenvalue weighted by molar-refractivity contribution is -0.0122. The van der Waals surface area contributed by atoms with Crippen LogP contribution in [0.15, 0.2) is 42.7 Å². The third-order valence-electron chi connectivity index (χ3n) is 7.06. The quantitative estimate of drug-likeness (QED) is 0.333. The second kappa shape index (κ2) is 10.3. The Labute approximate surface area is 226 Å². The average molecular weight is 531 g/mol. The van der Waals surface area contributed by atoms with Crippen molar-refractivity contribution in [2.24, 2.45) is 7.05 Å². The highest BCUT2D eigenvalue weighted by atomic mass is 16.5. The number of ether oxygens (including phenoxy) is 2. The van der Waals surface area contributed by atoms with Crippen molar-refractivity contribution in [1.82, 2.24) is 35.0 Å². The number of piperidine rings is 1. The van der Waals surface area contributed by atoms with Gasteiger partial charge in [0.05, 0.1) is 24.9 Å². The van der Waals surface area contributed by atoms with Gasteiger partial charge in [0.25, 0.3) is 5.91 Å². The third kappa shape index (κ3) is 5.45. The first-order valence-corrected chi connectivity index (χ1v) is 13.4. The summed E-state index contributed by atoms with van der Waals surface area (Å²) in [5.41, 5.74) is 4.35. The van der Waals surface area contributed by atoms with E-state index in [0.29, 0.717) is 29.4 Å². The summed E-state index contributed by atoms with van der Waals surface area (Å²) in [7, 11) is 1.75. The number of rotatable bonds is 7. The Morgan fingerprint density at radius 3 is 2.67 bits per heavy atom. The van der Waals surface area contributed by atoms with Crippen LogP contribution in [0.25, 0.3) is 16.6 Å². The lowest BCUT2D eigenvalue weighted by atomic mass is 9.94. The molecule has 4 aromatic rings. The highest BCUT2D eigenvalue weighted by molar-refractivity contribution is 5.93. The van der Waals surface area contributed by atoms with Crippen molar-refractivity contribution in [3.8, 4) is 16.9 Å². The molecular weight excluding hydrogens is 496 g/mol. The van der Waals surface area contributed by atoms with E-state index in [0.717, 1.165) is 54.1 Å². The molecule has 11 heteroatoms. The molecule has 11 nitrogen and oxygen atoms in total. The second-order valence-electron chi connectivity index (χ2n) is 10.7. The van der Waals surface area contributed by atoms with Gasteiger partial charge in [-0.25, -0.2) is 4.52 Å². The monoisotopic (exact) mass is 530 g/mol. The summed E-state index contributed by atoms with van der Waals surface area (Å²) in [6.45, 7) is 7.30. The van der Waals surface area contributed by atoms with Crippen molar-refractivity contribution in [2.45, 2.75) is 57.8 Å². The van der Waals surface area contributed by atoms with E-state index < -0.39 is 0 Å². The summed E-state index contributed by atoms with van der Waals surface area (Å²) in [4.78, 5) is 17.0. The maximum Gasteiger partial charge on any atom is 0.269 e. The van der Waals surface area contributed by atoms with Crippen LogP contribution in [0, 0.1) is 6.92 Å². The van der Waals surface area contributed by atoms with Crippen LogP contribution in [-0.4, -0.2) is 67.7 Å². The number of hydrogen-bond donors (Lipinski definition) is 3. The average Bonchev–Trinajstić information content (AvgIpc) is 3.46. The molecule has 2 bridgehead atoms. The number of pyridine rings is 2. The Morgan fingerprint density at radius 2 is 1.90 bits per heavy atom. The summed E-state index contributed by atoms with van der Waals surface area (Å²) in [5.74, 6) is 1.80. The molecule has 0 saturated carbocycles. The molecule has 2 aliphatic heterocycles. The van der Waals surface area contributed by atoms with E-state index in [4.69, 9.17) is 9.47 Å². The fourth-order valence-electron chi connectivity index (χ4n) is 5.36. The Morgan fingerprint density at radius 1 is 1.13 bits per heavy atom. The van der Waals surface area contributed by atoms with Crippen molar-refractivity contribution in [3.63, 3.8) is 0 Å². The number of carbonyl (C=O) groups is 1. The number of amides is 1. The van der Waals surface area contributed by atoms with Crippen LogP contribution >= 0.6 is 0 Å². The summed E-state index contributed by atoms with van der Waals surface area (Å²) in [6, 6.07) is 10.6. The van der Waals surface area contributed by atoms with E-state index in [1.807, 2.05) is 49.8 Å². The Kier molecular flexibility index (Phi) is 6.69. The van der Waals surface area contributed by atoms with Gasteiger partial charge in [0.2, 0.25) is 0 Å². The molecule has 0 spiro atoms. The maximum atomic E-state index is 12.4. The van der Waals surface area contributed by atoms with Gasteiger partial charge in [-0.05, 0) is 44.5 Å². The molecule has 3 atom stereocenters. The van der Waals surface area contributed by atoms with Crippen LogP contribution < -0.4 is 20.7 Å². The van der Waals surface area contributed by atoms with Gasteiger partial charge in [-0.15, -0.1) is 0 Å². The van der Waals surface area contributed by atoms with Crippen molar-refractivity contribution < 1.29 is 14.3 Å². The lowest BCUT2D eigenvalue weighted by Crippen LogP contribution is -2.56. The van der Waals surface area contributed by atoms with Crippen molar-refractivity contribution in [2.75, 3.05) is 18.5 Å². The molecule has 1 unspecified atom stereocenters. The highest BCUT2D eigenvalue weighted by Gasteiger charge is 2.33. The van der Waals surface area contributed by atoms with Gasteiger partial charge in [-0.3, -0.25) is 14.5 Å². The molecule has 1 amide bonds. The summed E-state index contributed by atoms with van der Waals surface area (Å²) >= 11 is 0. The predicted octanol–water partition coefficient (Wildman–Crippen LogP) is 3.22. The number of nitrogens with zero attached hydrogens (tertiary/aromatic N) is 5. The summed E-state index contributed by atoms with van der Waals surface area (Å²) in [6.07, 6.45) is 5.71. The van der Waals surface area contributed by atoms with Crippen molar-refractivity contribution in [3.05, 3.63) is 54.1 Å². The van der Waals surface area contributed by atoms with E-state index in [2.05, 4.69) is 43.3 Å². The number of carbonyl (C=O) groups excluding carboxylic acids is 1. The summed E-state index contributed by atoms with van der Waals surface area (Å²) < 4.78 is 15.6. The zero-order valence-electron chi connectivity index (χ0n) is 22.6. The molecule has 0 aliphatic carbocycles. The topological polar surface area (TPSA) is 120 Å². The standard InChI is InChI=1S/C28H34N8O3/c1-16(2)30-28(37)24-12-27(33-35(24)4)32-26-11-21-8-18(5-6-36(21)34-26)23-7-17(3)29-13-25(23)39-22-9-19-14-38-15-20(10-22)31-19/h5-8,11-13,16,19-20,22,31H,9-10,14-15H2,1-4H3,(H,30,37)(H,32,33,34)/t19-,20+,22?. The van der Waals surface area contributed by atoms with Crippen LogP contribution in [-0.2, 0) is 11.8 Å². The minimum absolute atomic E-state index is 0.0421. The van der Waals surface area contributed by atoms with Crippen molar-refractivity contribution in [1.29, 1.82) is 0 Å². The molecule has 2 saturated heterocycles. The number of morpholine rings is 1. The van der Waals surface area contributed by atoms with Crippen LogP contribution in [0.1, 0.15) is 42.9 Å². The molecule has 2 aliphatic rings. The zero-order valence-corrected chi connectivity index (χ0v) is 22.6. The number of hydrogen-bond acceptors (Lipinski definition) is 8. The van der Waals surface area contributed by atoms with Crippen LogP contribution in [0.4, 0.5) is 11.6 Å². The van der Waals surface area contributed by atoms with Gasteiger partial charge >= 0.3 is 0 Å². The summed E-state index contributed by atoms with van der Waals surface area (Å²) in [5, 5.41) is 18.8. The molecule has 3 N–H and O–H groups in total. The Hall–Kier alpha value is -3.96. The molecule has 6 rings (SSSR count). The molecule has 204 valence electrons. The molecule has 4 aromatic heterocycles. The maximum absolute atomic E-state index is 12.4. The Bertz CT molecular complexity index is 1500. The normalized spacial score (nSPS) is 20.8. The molecule has 2 fully saturated rings. The van der Waals surface area contributed by atoms with E-state index in [9.17, 15) is 4.79 Å². The van der Waals surface area contributed by atoms with Crippen LogP contribution in [0.5, 0.6) is 5.75 Å². The molecule has 39 heavy (non-hydrogen) atoms. The van der Waals surface area contributed by atoms with Crippen LogP contribution in [0.2, 0.25) is 0 Å². The number of nitrogens with one attached hydrogen (secondary N) is 3. The number of anilines is 2. The molecule has 6 heterocycles. The highest BCUT2D eigenvalue weighted by Crippen LogP contribution is 2.34. The lowest BCUT2D eigenvalue weighted by Gasteiger charge is -2.40. The van der Waals surface area contributed by atoms with E-state index in [1.165, 1.54) is 0 Å². The number of aromatic nitrogens is 5. The van der Waals surface area contributed by atoms with Gasteiger partial charge in [0.15, 0.2) is 11.6 Å². The first-order chi connectivity index (χ1) is 18.8. The van der Waals surface area contributed by atoms with Crippen LogP contribution in [0.3, 0.4) is 0 Å². The van der Waals surface area contributed by atoms with Gasteiger partial charge in [-0.1, -0.05) is 0 Å². The van der Waals surface area contributed by atoms with E-state index in [1.54, 1.807) is 17.8 Å². The second-order valence-corrected chi connectivity index (χ2v) is 10.7. The van der Waals surface area contributed by atoms with Gasteiger partial charge in [-0.2, -0.15) is 10.2 Å². The zero-order chi connectivity index (χ0) is 27.1. The molecule has 0 aromatic carbocycles. The number of aryl methyl sites for hydroxylation is 2. The molecule has 0 radical (unpaired) electrons. The predicted molar refractivity (Wildman–Crippen MR) is 147 cm³/mol. The van der Waals surface area contributed by atoms with E-state index in [-0.39, 0.29) is 18.1 Å². The van der Waals surface area contributed by atoms with Gasteiger partial charge < -0.3 is 25.4 Å². The van der Waals surface area contributed by atoms with E-state index >= 15 is 0 Å². The van der Waals surface area contributed by atoms with Gasteiger partial charge in [0.1, 0.15) is 17.5 Å². The first kappa shape index (κ1) is 25.3. The SMILES string of the molecule is Cc1cc(-c2ccn3nc(Nc4cc(C(=O)NC(C)C)n(C)n4)cc3c2)c(OC2C[C@H]3COC[C@@H](C2)N3)cn1.